The highest BCUT2D eigenvalue weighted by Gasteiger charge is 2.34. The molecule has 2 nitrogen and oxygen atoms in total. The number of hydrogen-bond acceptors (Lipinski definition) is 2. The number of hydrogen-bond donors (Lipinski definition) is 1. The molecule has 0 radical (unpaired) electrons. The first-order valence-corrected chi connectivity index (χ1v) is 8.94. The number of aryl methyl sites for hydroxylation is 1. The molecule has 2 rings (SSSR count). The third kappa shape index (κ3) is 3.81. The van der Waals surface area contributed by atoms with Gasteiger partial charge in [-0.1, -0.05) is 50.5 Å². The SMILES string of the molecule is CCc1cc(Br)ccc1N1CC(C(C)(C)C)NCC1CC. The number of rotatable bonds is 3. The largest absolute Gasteiger partial charge is 0.365 e. The Kier molecular flexibility index (Phi) is 5.37. The van der Waals surface area contributed by atoms with Gasteiger partial charge in [-0.2, -0.15) is 0 Å². The smallest absolute Gasteiger partial charge is 0.0412 e. The second-order valence-electron chi connectivity index (χ2n) is 7.17. The van der Waals surface area contributed by atoms with Crippen LogP contribution in [0.1, 0.15) is 46.6 Å². The van der Waals surface area contributed by atoms with Crippen molar-refractivity contribution in [3.05, 3.63) is 28.2 Å². The van der Waals surface area contributed by atoms with E-state index >= 15 is 0 Å². The molecule has 3 heteroatoms. The van der Waals surface area contributed by atoms with Crippen molar-refractivity contribution in [1.82, 2.24) is 5.32 Å². The van der Waals surface area contributed by atoms with Gasteiger partial charge < -0.3 is 10.2 Å². The van der Waals surface area contributed by atoms with Crippen molar-refractivity contribution >= 4 is 21.6 Å². The number of halogens is 1. The molecule has 0 aromatic heterocycles. The highest BCUT2D eigenvalue weighted by Crippen LogP contribution is 2.31. The number of nitrogens with one attached hydrogen (secondary N) is 1. The Morgan fingerprint density at radius 3 is 2.57 bits per heavy atom. The maximum atomic E-state index is 3.76. The van der Waals surface area contributed by atoms with Crippen molar-refractivity contribution < 1.29 is 0 Å². The summed E-state index contributed by atoms with van der Waals surface area (Å²) in [7, 11) is 0. The van der Waals surface area contributed by atoms with Crippen LogP contribution in [0.15, 0.2) is 22.7 Å². The maximum Gasteiger partial charge on any atom is 0.0412 e. The Labute approximate surface area is 138 Å². The topological polar surface area (TPSA) is 15.3 Å². The number of nitrogens with zero attached hydrogens (tertiary/aromatic N) is 1. The van der Waals surface area contributed by atoms with Crippen LogP contribution in [0.3, 0.4) is 0 Å². The Balaban J connectivity index is 2.33. The van der Waals surface area contributed by atoms with E-state index in [1.807, 2.05) is 0 Å². The Morgan fingerprint density at radius 2 is 2.00 bits per heavy atom. The molecular formula is C18H29BrN2. The van der Waals surface area contributed by atoms with E-state index in [1.54, 1.807) is 0 Å². The van der Waals surface area contributed by atoms with Crippen LogP contribution in [-0.2, 0) is 6.42 Å². The van der Waals surface area contributed by atoms with E-state index in [0.717, 1.165) is 19.5 Å². The fraction of sp³-hybridized carbons (Fsp3) is 0.667. The standard InChI is InChI=1S/C18H29BrN2/c1-6-13-10-14(19)8-9-16(13)21-12-17(18(3,4)5)20-11-15(21)7-2/h8-10,15,17,20H,6-7,11-12H2,1-5H3. The molecule has 0 amide bonds. The average Bonchev–Trinajstić information content (AvgIpc) is 2.45. The van der Waals surface area contributed by atoms with Gasteiger partial charge in [0, 0.05) is 35.3 Å². The Bertz CT molecular complexity index is 479. The second-order valence-corrected chi connectivity index (χ2v) is 8.08. The zero-order chi connectivity index (χ0) is 15.6. The highest BCUT2D eigenvalue weighted by atomic mass is 79.9. The van der Waals surface area contributed by atoms with Crippen LogP contribution in [0, 0.1) is 5.41 Å². The first kappa shape index (κ1) is 16.8. The summed E-state index contributed by atoms with van der Waals surface area (Å²) >= 11 is 3.61. The summed E-state index contributed by atoms with van der Waals surface area (Å²) in [4.78, 5) is 2.64. The fourth-order valence-electron chi connectivity index (χ4n) is 3.16. The third-order valence-electron chi connectivity index (χ3n) is 4.67. The van der Waals surface area contributed by atoms with Crippen molar-refractivity contribution in [2.45, 2.75) is 59.5 Å². The van der Waals surface area contributed by atoms with Crippen LogP contribution < -0.4 is 10.2 Å². The fourth-order valence-corrected chi connectivity index (χ4v) is 3.56. The molecule has 1 aliphatic heterocycles. The summed E-state index contributed by atoms with van der Waals surface area (Å²) in [5.41, 5.74) is 3.15. The second kappa shape index (κ2) is 6.70. The molecule has 0 saturated carbocycles. The molecule has 118 valence electrons. The normalized spacial score (nSPS) is 23.4. The van der Waals surface area contributed by atoms with E-state index in [2.05, 4.69) is 79.0 Å². The summed E-state index contributed by atoms with van der Waals surface area (Å²) in [6.45, 7) is 13.7. The van der Waals surface area contributed by atoms with E-state index in [1.165, 1.54) is 22.1 Å². The summed E-state index contributed by atoms with van der Waals surface area (Å²) < 4.78 is 1.18. The van der Waals surface area contributed by atoms with Gasteiger partial charge in [0.2, 0.25) is 0 Å². The minimum absolute atomic E-state index is 0.290. The van der Waals surface area contributed by atoms with E-state index in [9.17, 15) is 0 Å². The van der Waals surface area contributed by atoms with Crippen molar-refractivity contribution in [3.63, 3.8) is 0 Å². The zero-order valence-corrected chi connectivity index (χ0v) is 15.6. The molecule has 1 heterocycles. The van der Waals surface area contributed by atoms with E-state index in [4.69, 9.17) is 0 Å². The van der Waals surface area contributed by atoms with Gasteiger partial charge in [0.1, 0.15) is 0 Å². The minimum Gasteiger partial charge on any atom is -0.365 e. The van der Waals surface area contributed by atoms with Gasteiger partial charge in [0.15, 0.2) is 0 Å². The molecule has 2 atom stereocenters. The van der Waals surface area contributed by atoms with Gasteiger partial charge in [-0.3, -0.25) is 0 Å². The van der Waals surface area contributed by atoms with Crippen LogP contribution in [0.5, 0.6) is 0 Å². The summed E-state index contributed by atoms with van der Waals surface area (Å²) in [5.74, 6) is 0. The summed E-state index contributed by atoms with van der Waals surface area (Å²) in [6.07, 6.45) is 2.26. The van der Waals surface area contributed by atoms with Crippen LogP contribution in [0.25, 0.3) is 0 Å². The van der Waals surface area contributed by atoms with Crippen molar-refractivity contribution in [3.8, 4) is 0 Å². The first-order valence-electron chi connectivity index (χ1n) is 8.15. The lowest BCUT2D eigenvalue weighted by molar-refractivity contribution is 0.233. The molecule has 2 unspecified atom stereocenters. The van der Waals surface area contributed by atoms with Gasteiger partial charge in [0.25, 0.3) is 0 Å². The van der Waals surface area contributed by atoms with E-state index in [0.29, 0.717) is 17.5 Å². The first-order chi connectivity index (χ1) is 9.86. The molecule has 1 aliphatic rings. The van der Waals surface area contributed by atoms with Gasteiger partial charge >= 0.3 is 0 Å². The highest BCUT2D eigenvalue weighted by molar-refractivity contribution is 9.10. The van der Waals surface area contributed by atoms with Gasteiger partial charge in [-0.05, 0) is 42.0 Å². The van der Waals surface area contributed by atoms with Gasteiger partial charge in [0.05, 0.1) is 0 Å². The monoisotopic (exact) mass is 352 g/mol. The van der Waals surface area contributed by atoms with Crippen LogP contribution in [0.4, 0.5) is 5.69 Å². The predicted octanol–water partition coefficient (Wildman–Crippen LogP) is 4.61. The van der Waals surface area contributed by atoms with Crippen LogP contribution in [0.2, 0.25) is 0 Å². The summed E-state index contributed by atoms with van der Waals surface area (Å²) in [6, 6.07) is 7.87. The van der Waals surface area contributed by atoms with Crippen molar-refractivity contribution in [2.24, 2.45) is 5.41 Å². The molecule has 21 heavy (non-hydrogen) atoms. The zero-order valence-electron chi connectivity index (χ0n) is 14.0. The van der Waals surface area contributed by atoms with Crippen LogP contribution in [-0.4, -0.2) is 25.2 Å². The van der Waals surface area contributed by atoms with E-state index < -0.39 is 0 Å². The third-order valence-corrected chi connectivity index (χ3v) is 5.16. The molecule has 1 fully saturated rings. The molecule has 0 spiro atoms. The van der Waals surface area contributed by atoms with Crippen LogP contribution >= 0.6 is 15.9 Å². The Morgan fingerprint density at radius 1 is 1.29 bits per heavy atom. The number of piperazine rings is 1. The lowest BCUT2D eigenvalue weighted by atomic mass is 9.84. The minimum atomic E-state index is 0.290. The molecule has 1 aromatic rings. The average molecular weight is 353 g/mol. The van der Waals surface area contributed by atoms with Crippen molar-refractivity contribution in [2.75, 3.05) is 18.0 Å². The maximum absolute atomic E-state index is 3.76. The van der Waals surface area contributed by atoms with Gasteiger partial charge in [-0.15, -0.1) is 0 Å². The van der Waals surface area contributed by atoms with Crippen molar-refractivity contribution in [1.29, 1.82) is 0 Å². The predicted molar refractivity (Wildman–Crippen MR) is 96.2 cm³/mol. The molecule has 0 bridgehead atoms. The summed E-state index contributed by atoms with van der Waals surface area (Å²) in [5, 5.41) is 3.76. The van der Waals surface area contributed by atoms with Gasteiger partial charge in [-0.25, -0.2) is 0 Å². The molecule has 1 N–H and O–H groups in total. The quantitative estimate of drug-likeness (QED) is 0.853. The lowest BCUT2D eigenvalue weighted by Crippen LogP contribution is -2.60. The number of benzene rings is 1. The molecule has 1 saturated heterocycles. The number of anilines is 1. The lowest BCUT2D eigenvalue weighted by Gasteiger charge is -2.46. The Hall–Kier alpha value is -0.540. The van der Waals surface area contributed by atoms with E-state index in [-0.39, 0.29) is 0 Å². The molecule has 0 aliphatic carbocycles. The molecular weight excluding hydrogens is 324 g/mol. The molecule has 1 aromatic carbocycles.